The molecule has 0 fully saturated rings. The Morgan fingerprint density at radius 1 is 1.14 bits per heavy atom. The van der Waals surface area contributed by atoms with Crippen molar-refractivity contribution in [3.05, 3.63) is 63.9 Å². The summed E-state index contributed by atoms with van der Waals surface area (Å²) in [5.74, 6) is -0.984. The van der Waals surface area contributed by atoms with E-state index in [0.29, 0.717) is 10.6 Å². The quantitative estimate of drug-likeness (QED) is 0.660. The third-order valence-corrected chi connectivity index (χ3v) is 5.17. The number of likely N-dealkylation sites (N-methyl/N-ethyl adjacent to an activating group) is 1. The molecule has 2 aromatic carbocycles. The van der Waals surface area contributed by atoms with Crippen LogP contribution in [-0.4, -0.2) is 31.4 Å². The van der Waals surface area contributed by atoms with Crippen LogP contribution in [0, 0.1) is 19.7 Å². The zero-order valence-corrected chi connectivity index (χ0v) is 17.3. The summed E-state index contributed by atoms with van der Waals surface area (Å²) in [5, 5.41) is 5.80. The van der Waals surface area contributed by atoms with Crippen LogP contribution in [0.4, 0.5) is 10.1 Å². The van der Waals surface area contributed by atoms with Crippen LogP contribution >= 0.6 is 11.6 Å². The first-order chi connectivity index (χ1) is 13.2. The second kappa shape index (κ2) is 9.66. The number of rotatable bonds is 7. The summed E-state index contributed by atoms with van der Waals surface area (Å²) in [5.41, 5.74) is 3.04. The molecule has 2 atom stereocenters. The van der Waals surface area contributed by atoms with E-state index in [1.54, 1.807) is 26.1 Å². The summed E-state index contributed by atoms with van der Waals surface area (Å²) in [6.07, 6.45) is 0. The molecule has 5 nitrogen and oxygen atoms in total. The molecule has 0 saturated carbocycles. The normalized spacial score (nSPS) is 12.9. The van der Waals surface area contributed by atoms with E-state index in [1.165, 1.54) is 6.07 Å². The molecule has 0 bridgehead atoms. The topological polar surface area (TPSA) is 62.6 Å². The molecule has 28 heavy (non-hydrogen) atoms. The van der Waals surface area contributed by atoms with Gasteiger partial charge in [-0.3, -0.25) is 9.59 Å². The summed E-state index contributed by atoms with van der Waals surface area (Å²) in [6.45, 7) is 5.67. The van der Waals surface area contributed by atoms with E-state index in [2.05, 4.69) is 10.6 Å². The van der Waals surface area contributed by atoms with Gasteiger partial charge in [0.1, 0.15) is 12.4 Å². The van der Waals surface area contributed by atoms with Crippen LogP contribution in [0.25, 0.3) is 0 Å². The van der Waals surface area contributed by atoms with E-state index in [9.17, 15) is 14.0 Å². The molecule has 1 unspecified atom stereocenters. The number of aryl methyl sites for hydroxylation is 2. The number of halogens is 2. The third kappa shape index (κ3) is 5.53. The molecule has 0 radical (unpaired) electrons. The molecular weight excluding hydrogens is 381 g/mol. The van der Waals surface area contributed by atoms with Gasteiger partial charge in [0.05, 0.1) is 24.2 Å². The van der Waals surface area contributed by atoms with Crippen LogP contribution in [0.3, 0.4) is 0 Å². The number of anilines is 1. The van der Waals surface area contributed by atoms with Gasteiger partial charge in [0.15, 0.2) is 6.04 Å². The van der Waals surface area contributed by atoms with Crippen molar-refractivity contribution >= 4 is 29.1 Å². The Morgan fingerprint density at radius 2 is 1.75 bits per heavy atom. The van der Waals surface area contributed by atoms with Crippen molar-refractivity contribution in [1.29, 1.82) is 0 Å². The minimum atomic E-state index is -0.483. The fraction of sp³-hybridized carbons (Fsp3) is 0.333. The van der Waals surface area contributed by atoms with E-state index in [-0.39, 0.29) is 24.9 Å². The first-order valence-corrected chi connectivity index (χ1v) is 9.47. The highest BCUT2D eigenvalue weighted by Crippen LogP contribution is 2.19. The first kappa shape index (κ1) is 21.9. The van der Waals surface area contributed by atoms with Gasteiger partial charge >= 0.3 is 0 Å². The highest BCUT2D eigenvalue weighted by Gasteiger charge is 2.24. The molecule has 0 aliphatic carbocycles. The molecule has 0 aliphatic heterocycles. The number of para-hydroxylation sites is 1. The Labute approximate surface area is 169 Å². The maximum atomic E-state index is 14.0. The zero-order chi connectivity index (χ0) is 20.8. The number of hydrogen-bond acceptors (Lipinski definition) is 2. The molecule has 7 heteroatoms. The predicted octanol–water partition coefficient (Wildman–Crippen LogP) is 2.25. The lowest BCUT2D eigenvalue weighted by atomic mass is 10.1. The van der Waals surface area contributed by atoms with Gasteiger partial charge in [-0.2, -0.15) is 0 Å². The standard InChI is InChI=1S/C21H25ClFN3O2/c1-13-7-5-8-14(2)20(13)25-19(27)11-24-21(28)15(3)26(4)12-16-17(22)9-6-10-18(16)23/h5-10,15H,11-12H2,1-4H3,(H,24,28)(H,25,27)/p+1/t15-/m0/s1. The molecule has 0 aromatic heterocycles. The van der Waals surface area contributed by atoms with Crippen LogP contribution in [0.2, 0.25) is 5.02 Å². The Morgan fingerprint density at radius 3 is 2.36 bits per heavy atom. The minimum absolute atomic E-state index is 0.134. The Kier molecular flexibility index (Phi) is 7.54. The van der Waals surface area contributed by atoms with Gasteiger partial charge in [-0.25, -0.2) is 4.39 Å². The number of carbonyl (C=O) groups is 2. The van der Waals surface area contributed by atoms with Crippen molar-refractivity contribution in [2.75, 3.05) is 18.9 Å². The molecule has 3 N–H and O–H groups in total. The lowest BCUT2D eigenvalue weighted by Gasteiger charge is -2.22. The second-order valence-corrected chi connectivity index (χ2v) is 7.39. The molecule has 2 aromatic rings. The van der Waals surface area contributed by atoms with E-state index < -0.39 is 11.9 Å². The summed E-state index contributed by atoms with van der Waals surface area (Å²) in [6, 6.07) is 9.77. The highest BCUT2D eigenvalue weighted by atomic mass is 35.5. The minimum Gasteiger partial charge on any atom is -0.342 e. The molecule has 150 valence electrons. The van der Waals surface area contributed by atoms with Gasteiger partial charge in [0.2, 0.25) is 5.91 Å². The second-order valence-electron chi connectivity index (χ2n) is 6.98. The molecule has 2 rings (SSSR count). The molecule has 2 amide bonds. The summed E-state index contributed by atoms with van der Waals surface area (Å²) < 4.78 is 14.0. The van der Waals surface area contributed by atoms with Crippen molar-refractivity contribution in [2.24, 2.45) is 0 Å². The van der Waals surface area contributed by atoms with Crippen molar-refractivity contribution < 1.29 is 18.9 Å². The lowest BCUT2D eigenvalue weighted by molar-refractivity contribution is -0.908. The van der Waals surface area contributed by atoms with Gasteiger partial charge in [-0.15, -0.1) is 0 Å². The Bertz CT molecular complexity index is 832. The van der Waals surface area contributed by atoms with Crippen molar-refractivity contribution in [3.8, 4) is 0 Å². The largest absolute Gasteiger partial charge is 0.342 e. The molecule has 0 heterocycles. The number of quaternary nitrogens is 1. The summed E-state index contributed by atoms with van der Waals surface area (Å²) in [7, 11) is 1.78. The average Bonchev–Trinajstić information content (AvgIpc) is 2.65. The predicted molar refractivity (Wildman–Crippen MR) is 109 cm³/mol. The van der Waals surface area contributed by atoms with Gasteiger partial charge < -0.3 is 15.5 Å². The number of nitrogens with one attached hydrogen (secondary N) is 3. The first-order valence-electron chi connectivity index (χ1n) is 9.09. The van der Waals surface area contributed by atoms with Crippen LogP contribution in [-0.2, 0) is 16.1 Å². The maximum absolute atomic E-state index is 14.0. The van der Waals surface area contributed by atoms with Crippen molar-refractivity contribution in [1.82, 2.24) is 5.32 Å². The lowest BCUT2D eigenvalue weighted by Crippen LogP contribution is -3.12. The van der Waals surface area contributed by atoms with E-state index in [1.807, 2.05) is 32.0 Å². The maximum Gasteiger partial charge on any atom is 0.278 e. The van der Waals surface area contributed by atoms with Gasteiger partial charge in [0.25, 0.3) is 5.91 Å². The number of hydrogen-bond donors (Lipinski definition) is 3. The Balaban J connectivity index is 1.90. The van der Waals surface area contributed by atoms with E-state index in [0.717, 1.165) is 21.7 Å². The van der Waals surface area contributed by atoms with Crippen molar-refractivity contribution in [2.45, 2.75) is 33.4 Å². The van der Waals surface area contributed by atoms with E-state index >= 15 is 0 Å². The van der Waals surface area contributed by atoms with E-state index in [4.69, 9.17) is 11.6 Å². The smallest absolute Gasteiger partial charge is 0.278 e. The van der Waals surface area contributed by atoms with Gasteiger partial charge in [0, 0.05) is 5.69 Å². The monoisotopic (exact) mass is 406 g/mol. The van der Waals surface area contributed by atoms with Crippen LogP contribution in [0.15, 0.2) is 36.4 Å². The average molecular weight is 407 g/mol. The number of amides is 2. The molecular formula is C21H26ClFN3O2+. The fourth-order valence-corrected chi connectivity index (χ4v) is 3.10. The van der Waals surface area contributed by atoms with Crippen molar-refractivity contribution in [3.63, 3.8) is 0 Å². The van der Waals surface area contributed by atoms with Gasteiger partial charge in [-0.05, 0) is 44.0 Å². The highest BCUT2D eigenvalue weighted by molar-refractivity contribution is 6.31. The van der Waals surface area contributed by atoms with Crippen LogP contribution < -0.4 is 15.5 Å². The third-order valence-electron chi connectivity index (χ3n) is 4.82. The van der Waals surface area contributed by atoms with Crippen LogP contribution in [0.5, 0.6) is 0 Å². The molecule has 0 spiro atoms. The Hall–Kier alpha value is -2.44. The number of benzene rings is 2. The van der Waals surface area contributed by atoms with Crippen LogP contribution in [0.1, 0.15) is 23.6 Å². The number of carbonyl (C=O) groups excluding carboxylic acids is 2. The fourth-order valence-electron chi connectivity index (χ4n) is 2.87. The molecule has 0 aliphatic rings. The summed E-state index contributed by atoms with van der Waals surface area (Å²) in [4.78, 5) is 25.4. The van der Waals surface area contributed by atoms with Gasteiger partial charge in [-0.1, -0.05) is 35.9 Å². The summed E-state index contributed by atoms with van der Waals surface area (Å²) >= 11 is 6.06. The SMILES string of the molecule is Cc1cccc(C)c1NC(=O)CNC(=O)[C@H](C)[NH+](C)Cc1c(F)cccc1Cl. The molecule has 0 saturated heterocycles. The zero-order valence-electron chi connectivity index (χ0n) is 16.5.